The Balaban J connectivity index is 1.44. The van der Waals surface area contributed by atoms with Gasteiger partial charge in [-0.1, -0.05) is 41.6 Å². The number of anilines is 1. The standard InChI is InChI=1S/C21H23N5O3S2/c1-3-29-20(28)17-14-5-4-6-15(14)31-19(17)23-16(27)11-30-21-25-24-18(26(21)22)13-9-7-12(2)8-10-13/h7-10H,3-6,11,22H2,1-2H3,(H,23,27). The zero-order valence-electron chi connectivity index (χ0n) is 17.3. The lowest BCUT2D eigenvalue weighted by molar-refractivity contribution is -0.113. The fourth-order valence-corrected chi connectivity index (χ4v) is 5.43. The molecule has 0 fully saturated rings. The van der Waals surface area contributed by atoms with Crippen LogP contribution >= 0.6 is 23.1 Å². The maximum absolute atomic E-state index is 12.6. The minimum Gasteiger partial charge on any atom is -0.462 e. The molecule has 4 rings (SSSR count). The van der Waals surface area contributed by atoms with Crippen molar-refractivity contribution in [2.45, 2.75) is 38.3 Å². The van der Waals surface area contributed by atoms with E-state index >= 15 is 0 Å². The molecule has 8 nitrogen and oxygen atoms in total. The second kappa shape index (κ2) is 9.11. The molecule has 0 saturated heterocycles. The highest BCUT2D eigenvalue weighted by Gasteiger charge is 2.28. The third-order valence-electron chi connectivity index (χ3n) is 4.96. The van der Waals surface area contributed by atoms with Gasteiger partial charge in [0.1, 0.15) is 5.00 Å². The van der Waals surface area contributed by atoms with Crippen LogP contribution in [-0.4, -0.2) is 39.1 Å². The molecule has 162 valence electrons. The molecule has 3 aromatic rings. The number of ether oxygens (including phenoxy) is 1. The molecule has 2 aromatic heterocycles. The fourth-order valence-electron chi connectivity index (χ4n) is 3.48. The molecule has 0 unspecified atom stereocenters. The van der Waals surface area contributed by atoms with E-state index in [2.05, 4.69) is 15.5 Å². The van der Waals surface area contributed by atoms with E-state index in [1.807, 2.05) is 31.2 Å². The van der Waals surface area contributed by atoms with Crippen molar-refractivity contribution >= 4 is 40.0 Å². The Morgan fingerprint density at radius 2 is 2.03 bits per heavy atom. The smallest absolute Gasteiger partial charge is 0.341 e. The molecule has 1 aliphatic rings. The summed E-state index contributed by atoms with van der Waals surface area (Å²) < 4.78 is 6.59. The average Bonchev–Trinajstić information content (AvgIpc) is 3.42. The molecule has 0 saturated carbocycles. The highest BCUT2D eigenvalue weighted by Crippen LogP contribution is 2.39. The van der Waals surface area contributed by atoms with Crippen LogP contribution < -0.4 is 11.2 Å². The summed E-state index contributed by atoms with van der Waals surface area (Å²) in [7, 11) is 0. The number of esters is 1. The highest BCUT2D eigenvalue weighted by molar-refractivity contribution is 7.99. The van der Waals surface area contributed by atoms with Crippen molar-refractivity contribution in [1.82, 2.24) is 14.9 Å². The number of nitrogen functional groups attached to an aromatic ring is 1. The number of nitrogens with one attached hydrogen (secondary N) is 1. The summed E-state index contributed by atoms with van der Waals surface area (Å²) in [5, 5.41) is 12.1. The predicted octanol–water partition coefficient (Wildman–Crippen LogP) is 3.43. The van der Waals surface area contributed by atoms with Gasteiger partial charge in [0.15, 0.2) is 5.82 Å². The van der Waals surface area contributed by atoms with Crippen molar-refractivity contribution in [1.29, 1.82) is 0 Å². The lowest BCUT2D eigenvalue weighted by atomic mass is 10.1. The third kappa shape index (κ3) is 4.45. The van der Waals surface area contributed by atoms with E-state index in [-0.39, 0.29) is 17.6 Å². The summed E-state index contributed by atoms with van der Waals surface area (Å²) in [5.41, 5.74) is 3.50. The summed E-state index contributed by atoms with van der Waals surface area (Å²) in [4.78, 5) is 26.2. The molecule has 1 aliphatic carbocycles. The van der Waals surface area contributed by atoms with Gasteiger partial charge in [-0.05, 0) is 38.7 Å². The number of thioether (sulfide) groups is 1. The Bertz CT molecular complexity index is 1120. The molecule has 0 atom stereocenters. The number of thiophene rings is 1. The second-order valence-electron chi connectivity index (χ2n) is 7.16. The fraction of sp³-hybridized carbons (Fsp3) is 0.333. The molecule has 0 aliphatic heterocycles. The van der Waals surface area contributed by atoms with E-state index in [0.29, 0.717) is 28.2 Å². The zero-order valence-corrected chi connectivity index (χ0v) is 18.9. The number of hydrogen-bond acceptors (Lipinski definition) is 8. The first kappa shape index (κ1) is 21.4. The first-order valence-electron chi connectivity index (χ1n) is 9.99. The first-order valence-corrected chi connectivity index (χ1v) is 11.8. The topological polar surface area (TPSA) is 112 Å². The van der Waals surface area contributed by atoms with Crippen molar-refractivity contribution in [2.75, 3.05) is 23.5 Å². The number of amides is 1. The zero-order chi connectivity index (χ0) is 22.0. The summed E-state index contributed by atoms with van der Waals surface area (Å²) in [6.07, 6.45) is 2.78. The van der Waals surface area contributed by atoms with E-state index in [1.165, 1.54) is 27.8 Å². The molecule has 31 heavy (non-hydrogen) atoms. The number of aryl methyl sites for hydroxylation is 2. The van der Waals surface area contributed by atoms with Gasteiger partial charge < -0.3 is 15.9 Å². The van der Waals surface area contributed by atoms with Crippen molar-refractivity contribution in [3.8, 4) is 11.4 Å². The summed E-state index contributed by atoms with van der Waals surface area (Å²) in [6.45, 7) is 4.07. The van der Waals surface area contributed by atoms with Gasteiger partial charge in [0.2, 0.25) is 11.1 Å². The number of nitrogens with two attached hydrogens (primary N) is 1. The Hall–Kier alpha value is -2.85. The minimum atomic E-state index is -0.380. The minimum absolute atomic E-state index is 0.0913. The van der Waals surface area contributed by atoms with Gasteiger partial charge in [-0.25, -0.2) is 9.47 Å². The van der Waals surface area contributed by atoms with Crippen LogP contribution in [0.15, 0.2) is 29.4 Å². The Morgan fingerprint density at radius 3 is 2.77 bits per heavy atom. The lowest BCUT2D eigenvalue weighted by Gasteiger charge is -2.08. The molecular weight excluding hydrogens is 434 g/mol. The first-order chi connectivity index (χ1) is 15.0. The van der Waals surface area contributed by atoms with Gasteiger partial charge in [-0.15, -0.1) is 21.5 Å². The van der Waals surface area contributed by atoms with Crippen LogP contribution in [0.4, 0.5) is 5.00 Å². The quantitative estimate of drug-likeness (QED) is 0.318. The number of benzene rings is 1. The SMILES string of the molecule is CCOC(=O)c1c(NC(=O)CSc2nnc(-c3ccc(C)cc3)n2N)sc2c1CCC2. The van der Waals surface area contributed by atoms with E-state index in [0.717, 1.165) is 40.8 Å². The van der Waals surface area contributed by atoms with Gasteiger partial charge in [-0.3, -0.25) is 4.79 Å². The maximum atomic E-state index is 12.6. The van der Waals surface area contributed by atoms with Crippen LogP contribution in [0.25, 0.3) is 11.4 Å². The third-order valence-corrected chi connectivity index (χ3v) is 7.11. The normalized spacial score (nSPS) is 12.6. The molecule has 0 radical (unpaired) electrons. The maximum Gasteiger partial charge on any atom is 0.341 e. The van der Waals surface area contributed by atoms with Crippen LogP contribution in [0.3, 0.4) is 0 Å². The van der Waals surface area contributed by atoms with E-state index < -0.39 is 0 Å². The number of carbonyl (C=O) groups excluding carboxylic acids is 2. The molecule has 3 N–H and O–H groups in total. The second-order valence-corrected chi connectivity index (χ2v) is 9.21. The van der Waals surface area contributed by atoms with Crippen molar-refractivity contribution < 1.29 is 14.3 Å². The van der Waals surface area contributed by atoms with E-state index in [1.54, 1.807) is 6.92 Å². The molecule has 0 spiro atoms. The number of nitrogens with zero attached hydrogens (tertiary/aromatic N) is 3. The molecule has 10 heteroatoms. The Morgan fingerprint density at radius 1 is 1.26 bits per heavy atom. The van der Waals surface area contributed by atoms with Crippen LogP contribution in [-0.2, 0) is 22.4 Å². The summed E-state index contributed by atoms with van der Waals surface area (Å²) in [6, 6.07) is 7.81. The van der Waals surface area contributed by atoms with Gasteiger partial charge in [0.05, 0.1) is 17.9 Å². The number of carbonyl (C=O) groups is 2. The molecule has 1 aromatic carbocycles. The van der Waals surface area contributed by atoms with Crippen LogP contribution in [0.1, 0.15) is 39.7 Å². The summed E-state index contributed by atoms with van der Waals surface area (Å²) in [5.74, 6) is 6.14. The predicted molar refractivity (Wildman–Crippen MR) is 122 cm³/mol. The Kier molecular flexibility index (Phi) is 6.28. The Labute approximate surface area is 188 Å². The summed E-state index contributed by atoms with van der Waals surface area (Å²) >= 11 is 2.65. The van der Waals surface area contributed by atoms with Crippen molar-refractivity contribution in [3.05, 3.63) is 45.8 Å². The van der Waals surface area contributed by atoms with Gasteiger partial charge in [0, 0.05) is 10.4 Å². The van der Waals surface area contributed by atoms with Crippen LogP contribution in [0.5, 0.6) is 0 Å². The number of aromatic nitrogens is 3. The van der Waals surface area contributed by atoms with Crippen LogP contribution in [0, 0.1) is 6.92 Å². The van der Waals surface area contributed by atoms with E-state index in [9.17, 15) is 9.59 Å². The molecule has 2 heterocycles. The largest absolute Gasteiger partial charge is 0.462 e. The van der Waals surface area contributed by atoms with Crippen molar-refractivity contribution in [3.63, 3.8) is 0 Å². The number of fused-ring (bicyclic) bond motifs is 1. The van der Waals surface area contributed by atoms with Gasteiger partial charge >= 0.3 is 5.97 Å². The molecular formula is C21H23N5O3S2. The molecule has 1 amide bonds. The highest BCUT2D eigenvalue weighted by atomic mass is 32.2. The lowest BCUT2D eigenvalue weighted by Crippen LogP contribution is -2.18. The molecule has 0 bridgehead atoms. The van der Waals surface area contributed by atoms with E-state index in [4.69, 9.17) is 10.6 Å². The van der Waals surface area contributed by atoms with Gasteiger partial charge in [0.25, 0.3) is 0 Å². The van der Waals surface area contributed by atoms with Crippen molar-refractivity contribution in [2.24, 2.45) is 0 Å². The van der Waals surface area contributed by atoms with Crippen LogP contribution in [0.2, 0.25) is 0 Å². The monoisotopic (exact) mass is 457 g/mol. The number of hydrogen-bond donors (Lipinski definition) is 2. The van der Waals surface area contributed by atoms with Gasteiger partial charge in [-0.2, -0.15) is 0 Å². The average molecular weight is 458 g/mol. The number of rotatable bonds is 7.